The minimum Gasteiger partial charge on any atom is -0.392 e. The Labute approximate surface area is 114 Å². The van der Waals surface area contributed by atoms with Crippen LogP contribution < -0.4 is 10.6 Å². The smallest absolute Gasteiger partial charge is 0.239 e. The van der Waals surface area contributed by atoms with E-state index in [4.69, 9.17) is 18.0 Å². The van der Waals surface area contributed by atoms with E-state index in [2.05, 4.69) is 0 Å². The summed E-state index contributed by atoms with van der Waals surface area (Å²) in [5.41, 5.74) is 6.81. The molecule has 1 aromatic carbocycles. The monoisotopic (exact) mass is 264 g/mol. The molecular formula is C14H20N2OS. The van der Waals surface area contributed by atoms with Crippen molar-refractivity contribution in [2.75, 3.05) is 11.4 Å². The van der Waals surface area contributed by atoms with E-state index < -0.39 is 5.41 Å². The molecule has 1 amide bonds. The molecular weight excluding hydrogens is 244 g/mol. The van der Waals surface area contributed by atoms with Gasteiger partial charge in [0, 0.05) is 12.2 Å². The van der Waals surface area contributed by atoms with Gasteiger partial charge in [-0.2, -0.15) is 0 Å². The molecule has 0 heterocycles. The molecule has 2 N–H and O–H groups in total. The van der Waals surface area contributed by atoms with Crippen LogP contribution in [-0.4, -0.2) is 17.4 Å². The van der Waals surface area contributed by atoms with Crippen molar-refractivity contribution in [3.63, 3.8) is 0 Å². The van der Waals surface area contributed by atoms with E-state index in [1.54, 1.807) is 18.7 Å². The standard InChI is InChI=1S/C14H20N2OS/c1-5-16(11-9-7-6-8-10(11)2)13(17)14(3,4)12(15)18/h6-9H,5H2,1-4H3,(H2,15,18). The number of thiocarbonyl (C=S) groups is 1. The second kappa shape index (κ2) is 5.48. The number of rotatable bonds is 4. The molecule has 0 fully saturated rings. The normalized spacial score (nSPS) is 11.1. The zero-order chi connectivity index (χ0) is 13.9. The lowest BCUT2D eigenvalue weighted by atomic mass is 9.91. The minimum absolute atomic E-state index is 0.0631. The fraction of sp³-hybridized carbons (Fsp3) is 0.429. The molecule has 0 aliphatic rings. The van der Waals surface area contributed by atoms with E-state index >= 15 is 0 Å². The summed E-state index contributed by atoms with van der Waals surface area (Å²) in [6, 6.07) is 7.80. The van der Waals surface area contributed by atoms with Crippen molar-refractivity contribution in [1.29, 1.82) is 0 Å². The Hall–Kier alpha value is -1.42. The van der Waals surface area contributed by atoms with Crippen molar-refractivity contribution >= 4 is 28.8 Å². The second-order valence-corrected chi connectivity index (χ2v) is 5.26. The number of amides is 1. The minimum atomic E-state index is -0.826. The van der Waals surface area contributed by atoms with E-state index in [1.165, 1.54) is 0 Å². The predicted molar refractivity (Wildman–Crippen MR) is 79.8 cm³/mol. The molecule has 98 valence electrons. The molecule has 0 spiro atoms. The lowest BCUT2D eigenvalue weighted by molar-refractivity contribution is -0.123. The third-order valence-electron chi connectivity index (χ3n) is 3.12. The number of benzene rings is 1. The van der Waals surface area contributed by atoms with E-state index in [1.807, 2.05) is 38.1 Å². The summed E-state index contributed by atoms with van der Waals surface area (Å²) < 4.78 is 0. The van der Waals surface area contributed by atoms with Crippen LogP contribution in [0.3, 0.4) is 0 Å². The largest absolute Gasteiger partial charge is 0.392 e. The summed E-state index contributed by atoms with van der Waals surface area (Å²) in [4.78, 5) is 14.5. The van der Waals surface area contributed by atoms with Gasteiger partial charge in [0.05, 0.1) is 10.4 Å². The first-order valence-corrected chi connectivity index (χ1v) is 6.40. The van der Waals surface area contributed by atoms with Gasteiger partial charge in [-0.05, 0) is 39.3 Å². The summed E-state index contributed by atoms with van der Waals surface area (Å²) in [7, 11) is 0. The van der Waals surface area contributed by atoms with Crippen molar-refractivity contribution in [2.45, 2.75) is 27.7 Å². The first-order valence-electron chi connectivity index (χ1n) is 5.99. The van der Waals surface area contributed by atoms with Crippen molar-refractivity contribution in [2.24, 2.45) is 11.1 Å². The van der Waals surface area contributed by atoms with Crippen LogP contribution in [0, 0.1) is 12.3 Å². The van der Waals surface area contributed by atoms with Crippen molar-refractivity contribution in [3.05, 3.63) is 29.8 Å². The van der Waals surface area contributed by atoms with Crippen LogP contribution in [0.15, 0.2) is 24.3 Å². The second-order valence-electron chi connectivity index (χ2n) is 4.83. The number of carbonyl (C=O) groups excluding carboxylic acids is 1. The number of nitrogens with zero attached hydrogens (tertiary/aromatic N) is 1. The highest BCUT2D eigenvalue weighted by Gasteiger charge is 2.35. The third-order valence-corrected chi connectivity index (χ3v) is 3.63. The maximum absolute atomic E-state index is 12.5. The molecule has 0 radical (unpaired) electrons. The molecule has 1 rings (SSSR count). The molecule has 4 heteroatoms. The summed E-state index contributed by atoms with van der Waals surface area (Å²) in [5.74, 6) is -0.0631. The maximum Gasteiger partial charge on any atom is 0.239 e. The summed E-state index contributed by atoms with van der Waals surface area (Å²) in [6.45, 7) is 8.05. The number of aryl methyl sites for hydroxylation is 1. The molecule has 0 unspecified atom stereocenters. The highest BCUT2D eigenvalue weighted by molar-refractivity contribution is 7.80. The Morgan fingerprint density at radius 3 is 2.39 bits per heavy atom. The quantitative estimate of drug-likeness (QED) is 0.850. The van der Waals surface area contributed by atoms with Gasteiger partial charge in [0.1, 0.15) is 0 Å². The molecule has 3 nitrogen and oxygen atoms in total. The van der Waals surface area contributed by atoms with E-state index in [0.717, 1.165) is 11.3 Å². The van der Waals surface area contributed by atoms with Crippen LogP contribution >= 0.6 is 12.2 Å². The third kappa shape index (κ3) is 2.70. The average Bonchev–Trinajstić information content (AvgIpc) is 2.32. The highest BCUT2D eigenvalue weighted by Crippen LogP contribution is 2.26. The highest BCUT2D eigenvalue weighted by atomic mass is 32.1. The van der Waals surface area contributed by atoms with Crippen molar-refractivity contribution < 1.29 is 4.79 Å². The van der Waals surface area contributed by atoms with E-state index in [0.29, 0.717) is 6.54 Å². The van der Waals surface area contributed by atoms with E-state index in [9.17, 15) is 4.79 Å². The molecule has 0 atom stereocenters. The first-order chi connectivity index (χ1) is 8.32. The lowest BCUT2D eigenvalue weighted by Crippen LogP contribution is -2.47. The van der Waals surface area contributed by atoms with Gasteiger partial charge in [0.2, 0.25) is 5.91 Å². The van der Waals surface area contributed by atoms with Crippen LogP contribution in [0.2, 0.25) is 0 Å². The predicted octanol–water partition coefficient (Wildman–Crippen LogP) is 2.66. The Morgan fingerprint density at radius 1 is 1.39 bits per heavy atom. The van der Waals surface area contributed by atoms with Gasteiger partial charge in [-0.3, -0.25) is 4.79 Å². The molecule has 0 aliphatic heterocycles. The maximum atomic E-state index is 12.5. The zero-order valence-corrected chi connectivity index (χ0v) is 12.2. The summed E-state index contributed by atoms with van der Waals surface area (Å²) in [5, 5.41) is 0. The fourth-order valence-corrected chi connectivity index (χ4v) is 1.82. The topological polar surface area (TPSA) is 46.3 Å². The number of carbonyl (C=O) groups is 1. The number of hydrogen-bond donors (Lipinski definition) is 1. The molecule has 18 heavy (non-hydrogen) atoms. The Balaban J connectivity index is 3.17. The van der Waals surface area contributed by atoms with Crippen molar-refractivity contribution in [3.8, 4) is 0 Å². The summed E-state index contributed by atoms with van der Waals surface area (Å²) in [6.07, 6.45) is 0. The van der Waals surface area contributed by atoms with Crippen molar-refractivity contribution in [1.82, 2.24) is 0 Å². The van der Waals surface area contributed by atoms with Crippen LogP contribution in [0.1, 0.15) is 26.3 Å². The SMILES string of the molecule is CCN(C(=O)C(C)(C)C(N)=S)c1ccccc1C. The number of hydrogen-bond acceptors (Lipinski definition) is 2. The van der Waals surface area contributed by atoms with Gasteiger partial charge < -0.3 is 10.6 Å². The first kappa shape index (κ1) is 14.6. The van der Waals surface area contributed by atoms with Gasteiger partial charge in [0.25, 0.3) is 0 Å². The van der Waals surface area contributed by atoms with Crippen LogP contribution in [0.25, 0.3) is 0 Å². The number of anilines is 1. The van der Waals surface area contributed by atoms with Crippen LogP contribution in [0.5, 0.6) is 0 Å². The van der Waals surface area contributed by atoms with Gasteiger partial charge in [-0.25, -0.2) is 0 Å². The Morgan fingerprint density at radius 2 is 1.94 bits per heavy atom. The molecule has 0 aromatic heterocycles. The average molecular weight is 264 g/mol. The summed E-state index contributed by atoms with van der Waals surface area (Å²) >= 11 is 4.99. The Kier molecular flexibility index (Phi) is 4.46. The zero-order valence-electron chi connectivity index (χ0n) is 11.4. The molecule has 0 aliphatic carbocycles. The van der Waals surface area contributed by atoms with Gasteiger partial charge in [-0.15, -0.1) is 0 Å². The number of nitrogens with two attached hydrogens (primary N) is 1. The van der Waals surface area contributed by atoms with Crippen LogP contribution in [-0.2, 0) is 4.79 Å². The molecule has 1 aromatic rings. The van der Waals surface area contributed by atoms with E-state index in [-0.39, 0.29) is 10.9 Å². The number of para-hydroxylation sites is 1. The van der Waals surface area contributed by atoms with Crippen LogP contribution in [0.4, 0.5) is 5.69 Å². The Bertz CT molecular complexity index is 469. The molecule has 0 saturated carbocycles. The fourth-order valence-electron chi connectivity index (χ4n) is 1.73. The lowest BCUT2D eigenvalue weighted by Gasteiger charge is -2.31. The molecule has 0 saturated heterocycles. The van der Waals surface area contributed by atoms with Gasteiger partial charge >= 0.3 is 0 Å². The molecule has 0 bridgehead atoms. The van der Waals surface area contributed by atoms with Gasteiger partial charge in [-0.1, -0.05) is 30.4 Å². The van der Waals surface area contributed by atoms with Gasteiger partial charge in [0.15, 0.2) is 0 Å².